The lowest BCUT2D eigenvalue weighted by atomic mass is 10.3. The highest BCUT2D eigenvalue weighted by atomic mass is 35.5. The molecule has 1 rings (SSSR count). The molecule has 0 aliphatic heterocycles. The van der Waals surface area contributed by atoms with Gasteiger partial charge in [0.1, 0.15) is 6.29 Å². The summed E-state index contributed by atoms with van der Waals surface area (Å²) < 4.78 is 23.6. The van der Waals surface area contributed by atoms with Gasteiger partial charge in [-0.25, -0.2) is 8.42 Å². The third-order valence-corrected chi connectivity index (χ3v) is 4.23. The molecular weight excluding hydrogens is 248 g/mol. The Balaban J connectivity index is 2.63. The van der Waals surface area contributed by atoms with Crippen molar-refractivity contribution in [3.63, 3.8) is 0 Å². The Labute approximate surface area is 100 Å². The van der Waals surface area contributed by atoms with E-state index in [4.69, 9.17) is 11.6 Å². The smallest absolute Gasteiger partial charge is 0.178 e. The summed E-state index contributed by atoms with van der Waals surface area (Å²) in [7, 11) is -3.23. The van der Waals surface area contributed by atoms with E-state index in [1.807, 2.05) is 0 Å². The number of carbonyl (C=O) groups excluding carboxylic acids is 1. The van der Waals surface area contributed by atoms with Gasteiger partial charge >= 0.3 is 0 Å². The maximum absolute atomic E-state index is 11.8. The average molecular weight is 261 g/mol. The van der Waals surface area contributed by atoms with Crippen LogP contribution in [0.3, 0.4) is 0 Å². The maximum Gasteiger partial charge on any atom is 0.178 e. The second-order valence-corrected chi connectivity index (χ2v) is 5.98. The summed E-state index contributed by atoms with van der Waals surface area (Å²) in [5.74, 6) is 0.0719. The van der Waals surface area contributed by atoms with E-state index in [0.717, 1.165) is 6.29 Å². The largest absolute Gasteiger partial charge is 0.303 e. The minimum atomic E-state index is -3.23. The van der Waals surface area contributed by atoms with Crippen molar-refractivity contribution in [3.05, 3.63) is 29.3 Å². The second-order valence-electron chi connectivity index (χ2n) is 3.44. The Bertz CT molecular complexity index is 437. The highest BCUT2D eigenvalue weighted by molar-refractivity contribution is 7.91. The number of sulfone groups is 1. The Hall–Kier alpha value is -0.870. The van der Waals surface area contributed by atoms with Crippen molar-refractivity contribution >= 4 is 27.7 Å². The van der Waals surface area contributed by atoms with Gasteiger partial charge in [0.2, 0.25) is 0 Å². The molecule has 0 aliphatic carbocycles. The first kappa shape index (κ1) is 13.2. The fourth-order valence-corrected chi connectivity index (χ4v) is 2.78. The monoisotopic (exact) mass is 260 g/mol. The van der Waals surface area contributed by atoms with E-state index >= 15 is 0 Å². The number of rotatable bonds is 6. The molecule has 0 saturated carbocycles. The Morgan fingerprint density at radius 3 is 2.31 bits per heavy atom. The predicted octanol–water partition coefficient (Wildman–Crippen LogP) is 2.48. The number of aldehydes is 1. The van der Waals surface area contributed by atoms with Gasteiger partial charge in [0.15, 0.2) is 9.84 Å². The Morgan fingerprint density at radius 1 is 1.12 bits per heavy atom. The predicted molar refractivity (Wildman–Crippen MR) is 63.4 cm³/mol. The summed E-state index contributed by atoms with van der Waals surface area (Å²) in [5.41, 5.74) is 0. The number of carbonyl (C=O) groups is 1. The third-order valence-electron chi connectivity index (χ3n) is 2.16. The number of halogens is 1. The molecule has 0 aromatic heterocycles. The standard InChI is InChI=1S/C11H13ClO3S/c12-10-4-6-11(7-5-10)16(14,15)9-3-1-2-8-13/h4-8H,1-3,9H2. The summed E-state index contributed by atoms with van der Waals surface area (Å²) in [5, 5.41) is 0.514. The topological polar surface area (TPSA) is 51.2 Å². The zero-order chi connectivity index (χ0) is 12.0. The zero-order valence-corrected chi connectivity index (χ0v) is 10.3. The van der Waals surface area contributed by atoms with Crippen LogP contribution in [-0.4, -0.2) is 20.5 Å². The van der Waals surface area contributed by atoms with Crippen LogP contribution in [0.25, 0.3) is 0 Å². The van der Waals surface area contributed by atoms with Gasteiger partial charge in [0, 0.05) is 11.4 Å². The van der Waals surface area contributed by atoms with Gasteiger partial charge in [-0.15, -0.1) is 0 Å². The van der Waals surface area contributed by atoms with Gasteiger partial charge in [-0.2, -0.15) is 0 Å². The highest BCUT2D eigenvalue weighted by Gasteiger charge is 2.13. The fraction of sp³-hybridized carbons (Fsp3) is 0.364. The molecule has 0 fully saturated rings. The lowest BCUT2D eigenvalue weighted by Gasteiger charge is -2.03. The molecule has 1 aromatic carbocycles. The van der Waals surface area contributed by atoms with Crippen LogP contribution in [0, 0.1) is 0 Å². The molecule has 0 unspecified atom stereocenters. The molecule has 0 heterocycles. The first-order valence-corrected chi connectivity index (χ1v) is 7.01. The quantitative estimate of drug-likeness (QED) is 0.583. The molecule has 16 heavy (non-hydrogen) atoms. The summed E-state index contributed by atoms with van der Waals surface area (Å²) in [6.07, 6.45) is 2.32. The van der Waals surface area contributed by atoms with E-state index in [-0.39, 0.29) is 10.6 Å². The first-order valence-electron chi connectivity index (χ1n) is 4.98. The van der Waals surface area contributed by atoms with Crippen molar-refractivity contribution < 1.29 is 13.2 Å². The molecule has 0 radical (unpaired) electrons. The zero-order valence-electron chi connectivity index (χ0n) is 8.73. The molecule has 0 saturated heterocycles. The summed E-state index contributed by atoms with van der Waals surface area (Å²) in [6.45, 7) is 0. The molecule has 0 bridgehead atoms. The summed E-state index contributed by atoms with van der Waals surface area (Å²) in [4.78, 5) is 10.4. The van der Waals surface area contributed by atoms with Crippen LogP contribution >= 0.6 is 11.6 Å². The SMILES string of the molecule is O=CCCCCS(=O)(=O)c1ccc(Cl)cc1. The molecule has 88 valence electrons. The highest BCUT2D eigenvalue weighted by Crippen LogP contribution is 2.16. The van der Waals surface area contributed by atoms with E-state index in [9.17, 15) is 13.2 Å². The van der Waals surface area contributed by atoms with Gasteiger partial charge in [-0.05, 0) is 37.1 Å². The van der Waals surface area contributed by atoms with Crippen molar-refractivity contribution in [1.29, 1.82) is 0 Å². The van der Waals surface area contributed by atoms with E-state index in [0.29, 0.717) is 24.3 Å². The fourth-order valence-electron chi connectivity index (χ4n) is 1.28. The third kappa shape index (κ3) is 3.94. The van der Waals surface area contributed by atoms with Crippen LogP contribution in [0.4, 0.5) is 0 Å². The lowest BCUT2D eigenvalue weighted by molar-refractivity contribution is -0.107. The number of hydrogen-bond donors (Lipinski definition) is 0. The molecule has 1 aromatic rings. The van der Waals surface area contributed by atoms with Crippen molar-refractivity contribution in [2.45, 2.75) is 24.2 Å². The first-order chi connectivity index (χ1) is 7.56. The van der Waals surface area contributed by atoms with Crippen LogP contribution < -0.4 is 0 Å². The Kier molecular flexibility index (Phi) is 4.96. The van der Waals surface area contributed by atoms with E-state index in [1.165, 1.54) is 12.1 Å². The van der Waals surface area contributed by atoms with Crippen LogP contribution in [0.2, 0.25) is 5.02 Å². The van der Waals surface area contributed by atoms with Crippen molar-refractivity contribution in [3.8, 4) is 0 Å². The molecular formula is C11H13ClO3S. The number of unbranched alkanes of at least 4 members (excludes halogenated alkanes) is 2. The van der Waals surface area contributed by atoms with Crippen LogP contribution in [0.5, 0.6) is 0 Å². The molecule has 0 spiro atoms. The van der Waals surface area contributed by atoms with E-state index in [1.54, 1.807) is 12.1 Å². The summed E-state index contributed by atoms with van der Waals surface area (Å²) >= 11 is 5.67. The van der Waals surface area contributed by atoms with Gasteiger partial charge < -0.3 is 4.79 Å². The molecule has 0 amide bonds. The van der Waals surface area contributed by atoms with Crippen molar-refractivity contribution in [2.24, 2.45) is 0 Å². The van der Waals surface area contributed by atoms with Crippen LogP contribution in [0.15, 0.2) is 29.2 Å². The number of hydrogen-bond acceptors (Lipinski definition) is 3. The van der Waals surface area contributed by atoms with Crippen molar-refractivity contribution in [2.75, 3.05) is 5.75 Å². The van der Waals surface area contributed by atoms with E-state index < -0.39 is 9.84 Å². The van der Waals surface area contributed by atoms with Gasteiger partial charge in [-0.1, -0.05) is 11.6 Å². The summed E-state index contributed by atoms with van der Waals surface area (Å²) in [6, 6.07) is 6.11. The molecule has 0 N–H and O–H groups in total. The lowest BCUT2D eigenvalue weighted by Crippen LogP contribution is -2.06. The molecule has 0 atom stereocenters. The average Bonchev–Trinajstić information content (AvgIpc) is 2.25. The van der Waals surface area contributed by atoms with E-state index in [2.05, 4.69) is 0 Å². The maximum atomic E-state index is 11.8. The molecule has 5 heteroatoms. The van der Waals surface area contributed by atoms with Crippen LogP contribution in [0.1, 0.15) is 19.3 Å². The minimum absolute atomic E-state index is 0.0719. The minimum Gasteiger partial charge on any atom is -0.303 e. The number of benzene rings is 1. The molecule has 0 aliphatic rings. The second kappa shape index (κ2) is 6.01. The normalized spacial score (nSPS) is 11.3. The van der Waals surface area contributed by atoms with Gasteiger partial charge in [-0.3, -0.25) is 0 Å². The van der Waals surface area contributed by atoms with Gasteiger partial charge in [0.25, 0.3) is 0 Å². The Morgan fingerprint density at radius 2 is 1.75 bits per heavy atom. The van der Waals surface area contributed by atoms with Crippen LogP contribution in [-0.2, 0) is 14.6 Å². The van der Waals surface area contributed by atoms with Gasteiger partial charge in [0.05, 0.1) is 10.6 Å². The van der Waals surface area contributed by atoms with Crippen molar-refractivity contribution in [1.82, 2.24) is 0 Å². The molecule has 3 nitrogen and oxygen atoms in total.